The van der Waals surface area contributed by atoms with Crippen LogP contribution in [0.3, 0.4) is 0 Å². The lowest BCUT2D eigenvalue weighted by Gasteiger charge is -2.23. The first-order valence-corrected chi connectivity index (χ1v) is 8.16. The van der Waals surface area contributed by atoms with Crippen molar-refractivity contribution < 1.29 is 8.42 Å². The minimum atomic E-state index is -3.20. The third kappa shape index (κ3) is 4.19. The topological polar surface area (TPSA) is 84.2 Å². The van der Waals surface area contributed by atoms with E-state index in [0.717, 1.165) is 30.6 Å². The Hall–Kier alpha value is -1.11. The number of rotatable bonds is 5. The maximum atomic E-state index is 12.1. The predicted octanol–water partition coefficient (Wildman–Crippen LogP) is 0.483. The second-order valence-corrected chi connectivity index (χ2v) is 6.94. The van der Waals surface area contributed by atoms with Gasteiger partial charge in [0.2, 0.25) is 10.0 Å². The molecular formula is C13H21N3O2S. The first kappa shape index (κ1) is 14.3. The van der Waals surface area contributed by atoms with Gasteiger partial charge in [-0.25, -0.2) is 13.1 Å². The van der Waals surface area contributed by atoms with Gasteiger partial charge in [-0.15, -0.1) is 0 Å². The summed E-state index contributed by atoms with van der Waals surface area (Å²) >= 11 is 0. The highest BCUT2D eigenvalue weighted by atomic mass is 32.2. The minimum Gasteiger partial charge on any atom is -0.399 e. The molecule has 0 aliphatic carbocycles. The molecular weight excluding hydrogens is 262 g/mol. The predicted molar refractivity (Wildman–Crippen MR) is 77.4 cm³/mol. The maximum absolute atomic E-state index is 12.1. The van der Waals surface area contributed by atoms with E-state index in [1.165, 1.54) is 0 Å². The van der Waals surface area contributed by atoms with Gasteiger partial charge in [-0.2, -0.15) is 0 Å². The Kier molecular flexibility index (Phi) is 4.79. The Morgan fingerprint density at radius 1 is 1.32 bits per heavy atom. The highest BCUT2D eigenvalue weighted by Gasteiger charge is 2.26. The fourth-order valence-corrected chi connectivity index (χ4v) is 3.66. The van der Waals surface area contributed by atoms with Gasteiger partial charge in [0.25, 0.3) is 0 Å². The monoisotopic (exact) mass is 283 g/mol. The van der Waals surface area contributed by atoms with Crippen molar-refractivity contribution in [1.82, 2.24) is 10.0 Å². The van der Waals surface area contributed by atoms with Crippen molar-refractivity contribution in [3.8, 4) is 0 Å². The summed E-state index contributed by atoms with van der Waals surface area (Å²) in [5.41, 5.74) is 7.41. The van der Waals surface area contributed by atoms with Crippen LogP contribution in [0, 0.1) is 0 Å². The molecule has 1 saturated heterocycles. The zero-order chi connectivity index (χ0) is 13.7. The molecule has 0 aromatic heterocycles. The second-order valence-electron chi connectivity index (χ2n) is 4.90. The van der Waals surface area contributed by atoms with Gasteiger partial charge in [0.05, 0.1) is 5.25 Å². The molecule has 19 heavy (non-hydrogen) atoms. The third-order valence-corrected chi connectivity index (χ3v) is 5.27. The number of hydrogen-bond acceptors (Lipinski definition) is 4. The third-order valence-electron chi connectivity index (χ3n) is 3.39. The summed E-state index contributed by atoms with van der Waals surface area (Å²) in [5, 5.41) is 2.82. The summed E-state index contributed by atoms with van der Waals surface area (Å²) in [4.78, 5) is 0. The maximum Gasteiger partial charge on any atom is 0.215 e. The van der Waals surface area contributed by atoms with Crippen LogP contribution in [0.25, 0.3) is 0 Å². The van der Waals surface area contributed by atoms with E-state index in [2.05, 4.69) is 10.0 Å². The Balaban J connectivity index is 1.82. The number of nitrogens with two attached hydrogens (primary N) is 1. The molecule has 4 N–H and O–H groups in total. The minimum absolute atomic E-state index is 0.298. The van der Waals surface area contributed by atoms with E-state index in [-0.39, 0.29) is 5.25 Å². The Labute approximate surface area is 114 Å². The molecule has 0 saturated carbocycles. The van der Waals surface area contributed by atoms with Crippen molar-refractivity contribution in [3.05, 3.63) is 29.8 Å². The van der Waals surface area contributed by atoms with E-state index in [9.17, 15) is 8.42 Å². The normalized spacial score (nSPS) is 20.3. The van der Waals surface area contributed by atoms with E-state index in [0.29, 0.717) is 19.5 Å². The standard InChI is InChI=1S/C13H21N3O2S/c14-12-5-3-11(4-6-12)7-9-16-19(17,18)13-2-1-8-15-10-13/h3-6,13,15-16H,1-2,7-10,14H2. The van der Waals surface area contributed by atoms with Crippen molar-refractivity contribution in [2.24, 2.45) is 0 Å². The SMILES string of the molecule is Nc1ccc(CCNS(=O)(=O)C2CCCNC2)cc1. The molecule has 1 fully saturated rings. The molecule has 1 aromatic carbocycles. The van der Waals surface area contributed by atoms with Gasteiger partial charge in [0.15, 0.2) is 0 Å². The lowest BCUT2D eigenvalue weighted by atomic mass is 10.1. The number of hydrogen-bond donors (Lipinski definition) is 3. The number of sulfonamides is 1. The average Bonchev–Trinajstić information content (AvgIpc) is 2.42. The molecule has 0 amide bonds. The summed E-state index contributed by atoms with van der Waals surface area (Å²) in [6.45, 7) is 1.90. The number of nitrogen functional groups attached to an aromatic ring is 1. The van der Waals surface area contributed by atoms with Crippen LogP contribution < -0.4 is 15.8 Å². The second kappa shape index (κ2) is 6.36. The van der Waals surface area contributed by atoms with E-state index < -0.39 is 10.0 Å². The summed E-state index contributed by atoms with van der Waals surface area (Å²) in [6, 6.07) is 7.50. The van der Waals surface area contributed by atoms with Crippen LogP contribution in [0.15, 0.2) is 24.3 Å². The number of piperidine rings is 1. The average molecular weight is 283 g/mol. The fraction of sp³-hybridized carbons (Fsp3) is 0.538. The lowest BCUT2D eigenvalue weighted by Crippen LogP contribution is -2.44. The molecule has 5 nitrogen and oxygen atoms in total. The van der Waals surface area contributed by atoms with Crippen LogP contribution in [0.5, 0.6) is 0 Å². The van der Waals surface area contributed by atoms with Crippen LogP contribution in [-0.4, -0.2) is 33.3 Å². The van der Waals surface area contributed by atoms with Gasteiger partial charge < -0.3 is 11.1 Å². The van der Waals surface area contributed by atoms with Crippen LogP contribution in [0.1, 0.15) is 18.4 Å². The van der Waals surface area contributed by atoms with Crippen molar-refractivity contribution in [1.29, 1.82) is 0 Å². The van der Waals surface area contributed by atoms with Crippen molar-refractivity contribution >= 4 is 15.7 Å². The molecule has 0 radical (unpaired) electrons. The highest BCUT2D eigenvalue weighted by molar-refractivity contribution is 7.90. The Morgan fingerprint density at radius 2 is 2.05 bits per heavy atom. The fourth-order valence-electron chi connectivity index (χ4n) is 2.22. The van der Waals surface area contributed by atoms with Crippen molar-refractivity contribution in [2.45, 2.75) is 24.5 Å². The summed E-state index contributed by atoms with van der Waals surface area (Å²) in [5.74, 6) is 0. The smallest absolute Gasteiger partial charge is 0.215 e. The van der Waals surface area contributed by atoms with Crippen LogP contribution >= 0.6 is 0 Å². The van der Waals surface area contributed by atoms with Crippen LogP contribution in [0.4, 0.5) is 5.69 Å². The molecule has 0 spiro atoms. The molecule has 106 valence electrons. The molecule has 0 bridgehead atoms. The summed E-state index contributed by atoms with van der Waals surface area (Å²) < 4.78 is 26.8. The molecule has 1 heterocycles. The van der Waals surface area contributed by atoms with E-state index in [4.69, 9.17) is 5.73 Å². The number of nitrogens with one attached hydrogen (secondary N) is 2. The largest absolute Gasteiger partial charge is 0.399 e. The number of anilines is 1. The Bertz CT molecular complexity index is 493. The number of benzene rings is 1. The van der Waals surface area contributed by atoms with Gasteiger partial charge in [-0.05, 0) is 43.5 Å². The van der Waals surface area contributed by atoms with E-state index >= 15 is 0 Å². The zero-order valence-corrected chi connectivity index (χ0v) is 11.7. The summed E-state index contributed by atoms with van der Waals surface area (Å²) in [6.07, 6.45) is 2.34. The van der Waals surface area contributed by atoms with Gasteiger partial charge in [-0.1, -0.05) is 12.1 Å². The quantitative estimate of drug-likeness (QED) is 0.686. The first-order valence-electron chi connectivity index (χ1n) is 6.61. The highest BCUT2D eigenvalue weighted by Crippen LogP contribution is 2.11. The van der Waals surface area contributed by atoms with Crippen LogP contribution in [0.2, 0.25) is 0 Å². The molecule has 1 aliphatic heterocycles. The van der Waals surface area contributed by atoms with Crippen molar-refractivity contribution in [2.75, 3.05) is 25.4 Å². The molecule has 6 heteroatoms. The van der Waals surface area contributed by atoms with Gasteiger partial charge >= 0.3 is 0 Å². The molecule has 2 rings (SSSR count). The molecule has 1 aromatic rings. The Morgan fingerprint density at radius 3 is 2.68 bits per heavy atom. The van der Waals surface area contributed by atoms with Crippen molar-refractivity contribution in [3.63, 3.8) is 0 Å². The zero-order valence-electron chi connectivity index (χ0n) is 10.9. The van der Waals surface area contributed by atoms with Gasteiger partial charge in [0, 0.05) is 18.8 Å². The molecule has 1 atom stereocenters. The van der Waals surface area contributed by atoms with E-state index in [1.807, 2.05) is 24.3 Å². The van der Waals surface area contributed by atoms with Gasteiger partial charge in [-0.3, -0.25) is 0 Å². The van der Waals surface area contributed by atoms with Crippen LogP contribution in [-0.2, 0) is 16.4 Å². The summed E-state index contributed by atoms with van der Waals surface area (Å²) in [7, 11) is -3.20. The van der Waals surface area contributed by atoms with E-state index in [1.54, 1.807) is 0 Å². The molecule has 1 unspecified atom stereocenters. The van der Waals surface area contributed by atoms with Gasteiger partial charge in [0.1, 0.15) is 0 Å². The first-order chi connectivity index (χ1) is 9.08. The lowest BCUT2D eigenvalue weighted by molar-refractivity contribution is 0.490. The molecule has 1 aliphatic rings.